The zero-order chi connectivity index (χ0) is 16.9. The highest BCUT2D eigenvalue weighted by Crippen LogP contribution is 2.69. The smallest absolute Gasteiger partial charge is 0.378 e. The first-order valence-electron chi connectivity index (χ1n) is 7.17. The Morgan fingerprint density at radius 1 is 0.913 bits per heavy atom. The van der Waals surface area contributed by atoms with Gasteiger partial charge in [-0.15, -0.1) is 4.52 Å². The van der Waals surface area contributed by atoms with E-state index < -0.39 is 15.0 Å². The van der Waals surface area contributed by atoms with Gasteiger partial charge in [-0.25, -0.2) is 0 Å². The van der Waals surface area contributed by atoms with Crippen LogP contribution >= 0.6 is 15.0 Å². The van der Waals surface area contributed by atoms with Crippen LogP contribution in [-0.2, 0) is 13.7 Å². The van der Waals surface area contributed by atoms with Crippen molar-refractivity contribution in [1.82, 2.24) is 0 Å². The largest absolute Gasteiger partial charge is 0.714 e. The van der Waals surface area contributed by atoms with E-state index in [9.17, 15) is 9.13 Å². The van der Waals surface area contributed by atoms with E-state index in [0.29, 0.717) is 11.5 Å². The molecule has 0 heterocycles. The van der Waals surface area contributed by atoms with Crippen LogP contribution in [0.5, 0.6) is 11.5 Å². The summed E-state index contributed by atoms with van der Waals surface area (Å²) in [7, 11) is -6.67. The van der Waals surface area contributed by atoms with Gasteiger partial charge in [-0.3, -0.25) is 0 Å². The Labute approximate surface area is 136 Å². The number of benzene rings is 2. The highest BCUT2D eigenvalue weighted by atomic mass is 32.1. The van der Waals surface area contributed by atoms with Gasteiger partial charge in [0.05, 0.1) is 0 Å². The van der Waals surface area contributed by atoms with E-state index in [-0.39, 0.29) is 6.61 Å². The maximum atomic E-state index is 13.1. The average molecular weight is 353 g/mol. The predicted molar refractivity (Wildman–Crippen MR) is 90.5 cm³/mol. The van der Waals surface area contributed by atoms with E-state index in [2.05, 4.69) is 0 Å². The number of aryl methyl sites for hydroxylation is 2. The third-order valence-corrected chi connectivity index (χ3v) is 6.82. The van der Waals surface area contributed by atoms with Crippen molar-refractivity contribution in [3.05, 3.63) is 59.7 Å². The zero-order valence-electron chi connectivity index (χ0n) is 13.3. The molecule has 0 saturated heterocycles. The summed E-state index contributed by atoms with van der Waals surface area (Å²) in [5.74, 6) is 0.708. The van der Waals surface area contributed by atoms with Gasteiger partial charge >= 0.3 is 15.0 Å². The first kappa shape index (κ1) is 17.7. The fraction of sp³-hybridized carbons (Fsp3) is 0.250. The molecule has 0 amide bonds. The Kier molecular flexibility index (Phi) is 5.95. The molecule has 5 nitrogen and oxygen atoms in total. The van der Waals surface area contributed by atoms with Crippen molar-refractivity contribution in [2.75, 3.05) is 6.61 Å². The molecular weight excluding hydrogens is 334 g/mol. The third-order valence-electron chi connectivity index (χ3n) is 3.05. The first-order chi connectivity index (χ1) is 11.0. The van der Waals surface area contributed by atoms with E-state index >= 15 is 0 Å². The second-order valence-corrected chi connectivity index (χ2v) is 9.32. The van der Waals surface area contributed by atoms with Gasteiger partial charge in [0.25, 0.3) is 0 Å². The summed E-state index contributed by atoms with van der Waals surface area (Å²) in [5.41, 5.74) is 1.53. The lowest BCUT2D eigenvalue weighted by atomic mass is 10.2. The highest BCUT2D eigenvalue weighted by molar-refractivity contribution is 8.21. The molecule has 0 bridgehead atoms. The summed E-state index contributed by atoms with van der Waals surface area (Å²) < 4.78 is 41.5. The van der Waals surface area contributed by atoms with Crippen LogP contribution in [0.1, 0.15) is 18.1 Å². The van der Waals surface area contributed by atoms with Gasteiger partial charge < -0.3 is 9.05 Å². The molecule has 0 saturated carbocycles. The molecule has 0 aliphatic heterocycles. The summed E-state index contributed by atoms with van der Waals surface area (Å²) in [6.07, 6.45) is 0. The number of rotatable bonds is 7. The number of hydrogen-bond acceptors (Lipinski definition) is 5. The lowest BCUT2D eigenvalue weighted by molar-refractivity contribution is 0.340. The standard InChI is InChI=1S/C16H19O5P2/c1-4-19-22(17)23(18,20-15-11-7-5-9-13(15)2)21-16-12-8-6-10-14(16)3/h5-12H,4H2,1-3H3/q+1. The van der Waals surface area contributed by atoms with Crippen molar-refractivity contribution >= 4 is 15.0 Å². The summed E-state index contributed by atoms with van der Waals surface area (Å²) in [4.78, 5) is 0. The van der Waals surface area contributed by atoms with Gasteiger partial charge in [-0.05, 0) is 48.6 Å². The van der Waals surface area contributed by atoms with Gasteiger partial charge in [-0.1, -0.05) is 36.4 Å². The fourth-order valence-corrected chi connectivity index (χ4v) is 4.97. The van der Waals surface area contributed by atoms with Gasteiger partial charge in [0.1, 0.15) is 18.1 Å². The molecule has 1 atom stereocenters. The zero-order valence-corrected chi connectivity index (χ0v) is 15.1. The van der Waals surface area contributed by atoms with Gasteiger partial charge in [0.15, 0.2) is 0 Å². The van der Waals surface area contributed by atoms with E-state index in [4.69, 9.17) is 13.6 Å². The summed E-state index contributed by atoms with van der Waals surface area (Å²) in [6.45, 7) is 5.43. The maximum absolute atomic E-state index is 13.1. The lowest BCUT2D eigenvalue weighted by Crippen LogP contribution is -2.01. The Hall–Kier alpha value is -1.67. The molecule has 0 aliphatic carbocycles. The topological polar surface area (TPSA) is 61.8 Å². The second-order valence-electron chi connectivity index (χ2n) is 4.84. The molecule has 0 radical (unpaired) electrons. The van der Waals surface area contributed by atoms with Crippen molar-refractivity contribution in [3.8, 4) is 11.5 Å². The van der Waals surface area contributed by atoms with E-state index in [1.54, 1.807) is 57.2 Å². The summed E-state index contributed by atoms with van der Waals surface area (Å²) >= 11 is 0. The minimum absolute atomic E-state index is 0.146. The predicted octanol–water partition coefficient (Wildman–Crippen LogP) is 5.65. The molecule has 0 aliphatic rings. The average Bonchev–Trinajstić information content (AvgIpc) is 2.52. The van der Waals surface area contributed by atoms with Crippen molar-refractivity contribution in [2.24, 2.45) is 0 Å². The van der Waals surface area contributed by atoms with Crippen molar-refractivity contribution in [1.29, 1.82) is 0 Å². The molecule has 122 valence electrons. The molecule has 2 rings (SSSR count). The molecule has 7 heteroatoms. The number of hydrogen-bond donors (Lipinski definition) is 0. The highest BCUT2D eigenvalue weighted by Gasteiger charge is 2.55. The summed E-state index contributed by atoms with van der Waals surface area (Å²) in [6, 6.07) is 14.1. The van der Waals surface area contributed by atoms with Crippen LogP contribution in [0.15, 0.2) is 48.5 Å². The summed E-state index contributed by atoms with van der Waals surface area (Å²) in [5, 5.41) is 0. The normalized spacial score (nSPS) is 11.9. The Balaban J connectivity index is 2.37. The van der Waals surface area contributed by atoms with Gasteiger partial charge in [-0.2, -0.15) is 4.57 Å². The first-order valence-corrected chi connectivity index (χ1v) is 10.6. The van der Waals surface area contributed by atoms with Crippen molar-refractivity contribution in [2.45, 2.75) is 20.8 Å². The molecule has 23 heavy (non-hydrogen) atoms. The van der Waals surface area contributed by atoms with Gasteiger partial charge in [0.2, 0.25) is 0 Å². The molecule has 1 unspecified atom stereocenters. The van der Waals surface area contributed by atoms with Crippen LogP contribution in [-0.4, -0.2) is 6.61 Å². The van der Waals surface area contributed by atoms with Crippen LogP contribution in [0.4, 0.5) is 0 Å². The maximum Gasteiger partial charge on any atom is 0.714 e. The second kappa shape index (κ2) is 7.74. The molecular formula is C16H19O5P2+. The molecule has 0 spiro atoms. The molecule has 2 aromatic rings. The Morgan fingerprint density at radius 3 is 1.74 bits per heavy atom. The molecule has 0 fully saturated rings. The van der Waals surface area contributed by atoms with Crippen molar-refractivity contribution in [3.63, 3.8) is 0 Å². The Bertz CT molecular complexity index is 693. The van der Waals surface area contributed by atoms with Crippen LogP contribution < -0.4 is 9.05 Å². The minimum Gasteiger partial charge on any atom is -0.378 e. The van der Waals surface area contributed by atoms with E-state index in [1.165, 1.54) is 0 Å². The Morgan fingerprint density at radius 2 is 1.35 bits per heavy atom. The van der Waals surface area contributed by atoms with Crippen molar-refractivity contribution < 1.29 is 22.7 Å². The third kappa shape index (κ3) is 4.42. The van der Waals surface area contributed by atoms with Crippen LogP contribution in [0.2, 0.25) is 0 Å². The monoisotopic (exact) mass is 353 g/mol. The number of para-hydroxylation sites is 2. The van der Waals surface area contributed by atoms with E-state index in [0.717, 1.165) is 11.1 Å². The molecule has 2 aromatic carbocycles. The lowest BCUT2D eigenvalue weighted by Gasteiger charge is -2.13. The van der Waals surface area contributed by atoms with Gasteiger partial charge in [0, 0.05) is 0 Å². The minimum atomic E-state index is -4.04. The van der Waals surface area contributed by atoms with Crippen LogP contribution in [0.3, 0.4) is 0 Å². The fourth-order valence-electron chi connectivity index (χ4n) is 1.83. The van der Waals surface area contributed by atoms with E-state index in [1.807, 2.05) is 12.1 Å². The quantitative estimate of drug-likeness (QED) is 0.602. The SMILES string of the molecule is CCO[P+](=O)P(=O)(Oc1ccccc1C)Oc1ccccc1C. The van der Waals surface area contributed by atoms with Crippen LogP contribution in [0, 0.1) is 13.8 Å². The molecule has 0 N–H and O–H groups in total. The molecule has 0 aromatic heterocycles. The van der Waals surface area contributed by atoms with Crippen LogP contribution in [0.25, 0.3) is 0 Å².